The third-order valence-corrected chi connectivity index (χ3v) is 4.68. The number of rotatable bonds is 6. The molecule has 0 aromatic heterocycles. The number of amides is 1. The normalized spacial score (nSPS) is 16.8. The Morgan fingerprint density at radius 1 is 1.30 bits per heavy atom. The first kappa shape index (κ1) is 20.8. The fourth-order valence-corrected chi connectivity index (χ4v) is 3.62. The van der Waals surface area contributed by atoms with E-state index < -0.39 is 12.9 Å². The van der Waals surface area contributed by atoms with Crippen LogP contribution >= 0.6 is 0 Å². The zero-order valence-corrected chi connectivity index (χ0v) is 16.7. The van der Waals surface area contributed by atoms with Gasteiger partial charge in [0, 0.05) is 0 Å². The predicted molar refractivity (Wildman–Crippen MR) is 104 cm³/mol. The number of hydrogen-bond donors (Lipinski definition) is 0. The second-order valence-corrected chi connectivity index (χ2v) is 8.24. The Morgan fingerprint density at radius 3 is 2.67 bits per heavy atom. The summed E-state index contributed by atoms with van der Waals surface area (Å²) in [4.78, 5) is 26.1. The molecule has 0 saturated heterocycles. The maximum Gasteiger partial charge on any atom is 0.413 e. The van der Waals surface area contributed by atoms with Crippen molar-refractivity contribution >= 4 is 12.1 Å². The highest BCUT2D eigenvalue weighted by atomic mass is 16.7. The average molecular weight is 371 g/mol. The number of terminal acetylenes is 1. The summed E-state index contributed by atoms with van der Waals surface area (Å²) < 4.78 is 10.3. The van der Waals surface area contributed by atoms with E-state index in [9.17, 15) is 9.59 Å². The molecule has 1 aliphatic rings. The topological polar surface area (TPSA) is 55.8 Å². The SMILES string of the molecule is C#CCN(C(=O)OCOC(=O)C(C)CC(C)(C)C)C1CCc2ccccc21. The molecule has 0 saturated carbocycles. The zero-order valence-electron chi connectivity index (χ0n) is 16.7. The molecule has 0 heterocycles. The fourth-order valence-electron chi connectivity index (χ4n) is 3.62. The van der Waals surface area contributed by atoms with Gasteiger partial charge in [-0.2, -0.15) is 0 Å². The van der Waals surface area contributed by atoms with Crippen LogP contribution < -0.4 is 0 Å². The Bertz CT molecular complexity index is 714. The number of esters is 1. The van der Waals surface area contributed by atoms with Crippen LogP contribution in [0.1, 0.15) is 57.7 Å². The van der Waals surface area contributed by atoms with E-state index >= 15 is 0 Å². The molecule has 1 amide bonds. The van der Waals surface area contributed by atoms with Crippen LogP contribution in [0.4, 0.5) is 4.79 Å². The lowest BCUT2D eigenvalue weighted by Crippen LogP contribution is -2.35. The Hall–Kier alpha value is -2.48. The Balaban J connectivity index is 1.91. The first-order valence-electron chi connectivity index (χ1n) is 9.34. The van der Waals surface area contributed by atoms with Crippen LogP contribution in [0.15, 0.2) is 24.3 Å². The first-order chi connectivity index (χ1) is 12.7. The van der Waals surface area contributed by atoms with Crippen molar-refractivity contribution in [1.82, 2.24) is 4.90 Å². The van der Waals surface area contributed by atoms with Gasteiger partial charge in [-0.15, -0.1) is 6.42 Å². The summed E-state index contributed by atoms with van der Waals surface area (Å²) in [6.45, 7) is 7.75. The summed E-state index contributed by atoms with van der Waals surface area (Å²) in [7, 11) is 0. The Labute approximate surface area is 162 Å². The molecule has 2 rings (SSSR count). The molecule has 5 nitrogen and oxygen atoms in total. The molecular formula is C22H29NO4. The van der Waals surface area contributed by atoms with Crippen LogP contribution in [-0.2, 0) is 20.7 Å². The third kappa shape index (κ3) is 5.75. The van der Waals surface area contributed by atoms with Gasteiger partial charge in [-0.25, -0.2) is 4.79 Å². The summed E-state index contributed by atoms with van der Waals surface area (Å²) in [6, 6.07) is 7.91. The summed E-state index contributed by atoms with van der Waals surface area (Å²) >= 11 is 0. The second kappa shape index (κ2) is 8.94. The van der Waals surface area contributed by atoms with Gasteiger partial charge < -0.3 is 9.47 Å². The number of hydrogen-bond acceptors (Lipinski definition) is 4. The largest absolute Gasteiger partial charge is 0.428 e. The van der Waals surface area contributed by atoms with Crippen molar-refractivity contribution in [3.63, 3.8) is 0 Å². The lowest BCUT2D eigenvalue weighted by Gasteiger charge is -2.27. The number of fused-ring (bicyclic) bond motifs is 1. The van der Waals surface area contributed by atoms with E-state index in [-0.39, 0.29) is 29.9 Å². The Morgan fingerprint density at radius 2 is 2.00 bits per heavy atom. The van der Waals surface area contributed by atoms with Crippen LogP contribution in [0, 0.1) is 23.7 Å². The zero-order chi connectivity index (χ0) is 20.0. The molecule has 5 heteroatoms. The fraction of sp³-hybridized carbons (Fsp3) is 0.545. The maximum atomic E-state index is 12.5. The Kier molecular flexibility index (Phi) is 6.90. The van der Waals surface area contributed by atoms with Crippen LogP contribution in [0.5, 0.6) is 0 Å². The van der Waals surface area contributed by atoms with Gasteiger partial charge in [-0.3, -0.25) is 9.69 Å². The second-order valence-electron chi connectivity index (χ2n) is 8.24. The smallest absolute Gasteiger partial charge is 0.413 e. The van der Waals surface area contributed by atoms with Gasteiger partial charge in [0.25, 0.3) is 0 Å². The van der Waals surface area contributed by atoms with E-state index in [2.05, 4.69) is 32.8 Å². The molecule has 0 spiro atoms. The van der Waals surface area contributed by atoms with E-state index in [4.69, 9.17) is 15.9 Å². The highest BCUT2D eigenvalue weighted by molar-refractivity contribution is 5.72. The van der Waals surface area contributed by atoms with E-state index in [1.165, 1.54) is 10.5 Å². The molecule has 0 fully saturated rings. The van der Waals surface area contributed by atoms with Gasteiger partial charge >= 0.3 is 12.1 Å². The minimum atomic E-state index is -0.564. The maximum absolute atomic E-state index is 12.5. The van der Waals surface area contributed by atoms with Crippen LogP contribution in [0.3, 0.4) is 0 Å². The standard InChI is InChI=1S/C22H29NO4/c1-6-13-23(19-12-11-17-9-7-8-10-18(17)19)21(25)27-15-26-20(24)16(2)14-22(3,4)5/h1,7-10,16,19H,11-15H2,2-5H3. The van der Waals surface area contributed by atoms with E-state index in [0.717, 1.165) is 18.4 Å². The van der Waals surface area contributed by atoms with Gasteiger partial charge in [0.15, 0.2) is 0 Å². The van der Waals surface area contributed by atoms with Crippen molar-refractivity contribution in [3.05, 3.63) is 35.4 Å². The number of carbonyl (C=O) groups excluding carboxylic acids is 2. The predicted octanol–water partition coefficient (Wildman–Crippen LogP) is 4.32. The van der Waals surface area contributed by atoms with Gasteiger partial charge in [0.05, 0.1) is 18.5 Å². The van der Waals surface area contributed by atoms with Crippen LogP contribution in [-0.4, -0.2) is 30.3 Å². The number of benzene rings is 1. The average Bonchev–Trinajstić information content (AvgIpc) is 3.01. The highest BCUT2D eigenvalue weighted by Gasteiger charge is 2.31. The van der Waals surface area contributed by atoms with Gasteiger partial charge in [0.1, 0.15) is 0 Å². The quantitative estimate of drug-likeness (QED) is 0.425. The molecule has 2 unspecified atom stereocenters. The van der Waals surface area contributed by atoms with E-state index in [1.54, 1.807) is 0 Å². The van der Waals surface area contributed by atoms with Gasteiger partial charge in [-0.05, 0) is 35.8 Å². The van der Waals surface area contributed by atoms with Crippen molar-refractivity contribution in [2.45, 2.75) is 53.0 Å². The summed E-state index contributed by atoms with van der Waals surface area (Å²) in [5.41, 5.74) is 2.34. The summed E-state index contributed by atoms with van der Waals surface area (Å²) in [6.07, 6.45) is 7.28. The summed E-state index contributed by atoms with van der Waals surface area (Å²) in [5, 5.41) is 0. The lowest BCUT2D eigenvalue weighted by molar-refractivity contribution is -0.157. The van der Waals surface area contributed by atoms with Gasteiger partial charge in [0.2, 0.25) is 6.79 Å². The minimum absolute atomic E-state index is 0.0224. The van der Waals surface area contributed by atoms with Crippen molar-refractivity contribution in [2.24, 2.45) is 11.3 Å². The van der Waals surface area contributed by atoms with Crippen molar-refractivity contribution < 1.29 is 19.1 Å². The minimum Gasteiger partial charge on any atom is -0.428 e. The van der Waals surface area contributed by atoms with Crippen molar-refractivity contribution in [1.29, 1.82) is 0 Å². The molecule has 0 N–H and O–H groups in total. The van der Waals surface area contributed by atoms with E-state index in [1.807, 2.05) is 25.1 Å². The monoisotopic (exact) mass is 371 g/mol. The highest BCUT2D eigenvalue weighted by Crippen LogP contribution is 2.35. The molecule has 1 aliphatic carbocycles. The number of nitrogens with zero attached hydrogens (tertiary/aromatic N) is 1. The molecule has 0 radical (unpaired) electrons. The molecule has 0 aliphatic heterocycles. The number of ether oxygens (including phenoxy) is 2. The molecule has 27 heavy (non-hydrogen) atoms. The lowest BCUT2D eigenvalue weighted by atomic mass is 9.85. The molecular weight excluding hydrogens is 342 g/mol. The molecule has 146 valence electrons. The third-order valence-electron chi connectivity index (χ3n) is 4.68. The van der Waals surface area contributed by atoms with Crippen molar-refractivity contribution in [3.8, 4) is 12.3 Å². The van der Waals surface area contributed by atoms with Crippen LogP contribution in [0.2, 0.25) is 0 Å². The van der Waals surface area contributed by atoms with Crippen molar-refractivity contribution in [2.75, 3.05) is 13.3 Å². The molecule has 1 aromatic rings. The van der Waals surface area contributed by atoms with Gasteiger partial charge in [-0.1, -0.05) is 57.9 Å². The number of carbonyl (C=O) groups is 2. The molecule has 0 bridgehead atoms. The first-order valence-corrected chi connectivity index (χ1v) is 9.34. The van der Waals surface area contributed by atoms with E-state index in [0.29, 0.717) is 6.42 Å². The number of aryl methyl sites for hydroxylation is 1. The molecule has 2 atom stereocenters. The molecule has 1 aromatic carbocycles. The summed E-state index contributed by atoms with van der Waals surface area (Å²) in [5.74, 6) is 1.89. The van der Waals surface area contributed by atoms with Crippen LogP contribution in [0.25, 0.3) is 0 Å².